The lowest BCUT2D eigenvalue weighted by Gasteiger charge is -2.44. The Morgan fingerprint density at radius 1 is 1.00 bits per heavy atom. The first-order valence-electron chi connectivity index (χ1n) is 11.5. The minimum Gasteiger partial charge on any atom is -0.497 e. The molecule has 2 amide bonds. The normalized spacial score (nSPS) is 19.9. The zero-order valence-corrected chi connectivity index (χ0v) is 19.3. The molecule has 0 spiro atoms. The van der Waals surface area contributed by atoms with Crippen molar-refractivity contribution in [2.24, 2.45) is 0 Å². The third kappa shape index (κ3) is 4.59. The van der Waals surface area contributed by atoms with Crippen molar-refractivity contribution in [3.63, 3.8) is 0 Å². The van der Waals surface area contributed by atoms with E-state index in [-0.39, 0.29) is 24.4 Å². The van der Waals surface area contributed by atoms with Crippen LogP contribution in [0.2, 0.25) is 0 Å². The number of carbonyl (C=O) groups is 2. The van der Waals surface area contributed by atoms with Crippen molar-refractivity contribution >= 4 is 17.5 Å². The number of piperazine rings is 1. The van der Waals surface area contributed by atoms with Gasteiger partial charge in [0.05, 0.1) is 7.11 Å². The molecule has 2 fully saturated rings. The first kappa shape index (κ1) is 22.2. The summed E-state index contributed by atoms with van der Waals surface area (Å²) < 4.78 is 5.35. The van der Waals surface area contributed by atoms with Crippen molar-refractivity contribution in [1.82, 2.24) is 9.80 Å². The Bertz CT molecular complexity index is 951. The van der Waals surface area contributed by atoms with Gasteiger partial charge in [-0.1, -0.05) is 43.5 Å². The summed E-state index contributed by atoms with van der Waals surface area (Å²) in [5, 5.41) is 0. The number of carbonyl (C=O) groups excluding carboxylic acids is 2. The molecule has 0 aromatic heterocycles. The van der Waals surface area contributed by atoms with E-state index in [0.29, 0.717) is 6.54 Å². The smallest absolute Gasteiger partial charge is 0.250 e. The van der Waals surface area contributed by atoms with Gasteiger partial charge < -0.3 is 19.4 Å². The molecule has 0 radical (unpaired) electrons. The number of rotatable bonds is 6. The quantitative estimate of drug-likeness (QED) is 0.688. The maximum atomic E-state index is 13.8. The lowest BCUT2D eigenvalue weighted by atomic mass is 9.91. The summed E-state index contributed by atoms with van der Waals surface area (Å²) in [4.78, 5) is 32.8. The molecule has 1 unspecified atom stereocenters. The lowest BCUT2D eigenvalue weighted by molar-refractivity contribution is -0.160. The summed E-state index contributed by atoms with van der Waals surface area (Å²) in [6.45, 7) is 0.542. The molecule has 2 aromatic rings. The number of hydrogen-bond donors (Lipinski definition) is 0. The van der Waals surface area contributed by atoms with Crippen LogP contribution in [0.4, 0.5) is 5.69 Å². The monoisotopic (exact) mass is 435 g/mol. The molecule has 1 heterocycles. The van der Waals surface area contributed by atoms with E-state index in [1.54, 1.807) is 12.0 Å². The predicted octanol–water partition coefficient (Wildman–Crippen LogP) is 4.01. The summed E-state index contributed by atoms with van der Waals surface area (Å²) in [5.41, 5.74) is 2.87. The molecule has 1 aliphatic heterocycles. The molecule has 0 bridgehead atoms. The molecule has 2 aliphatic rings. The summed E-state index contributed by atoms with van der Waals surface area (Å²) in [7, 11) is 5.61. The molecular formula is C26H33N3O3. The number of amides is 2. The number of methoxy groups -OCH3 is 1. The van der Waals surface area contributed by atoms with E-state index in [9.17, 15) is 9.59 Å². The van der Waals surface area contributed by atoms with E-state index in [4.69, 9.17) is 4.74 Å². The molecular weight excluding hydrogens is 402 g/mol. The number of benzene rings is 2. The van der Waals surface area contributed by atoms with Crippen LogP contribution in [0.1, 0.15) is 49.3 Å². The fourth-order valence-corrected chi connectivity index (χ4v) is 4.87. The zero-order valence-electron chi connectivity index (χ0n) is 19.3. The van der Waals surface area contributed by atoms with Crippen molar-refractivity contribution in [3.8, 4) is 5.75 Å². The number of hydrogen-bond acceptors (Lipinski definition) is 4. The minimum absolute atomic E-state index is 0.000297. The Kier molecular flexibility index (Phi) is 6.68. The van der Waals surface area contributed by atoms with Gasteiger partial charge in [0.15, 0.2) is 0 Å². The van der Waals surface area contributed by atoms with Crippen molar-refractivity contribution < 1.29 is 14.3 Å². The van der Waals surface area contributed by atoms with Gasteiger partial charge in [-0.15, -0.1) is 0 Å². The van der Waals surface area contributed by atoms with Crippen LogP contribution in [0.25, 0.3) is 0 Å². The average molecular weight is 436 g/mol. The molecule has 1 saturated carbocycles. The largest absolute Gasteiger partial charge is 0.497 e. The van der Waals surface area contributed by atoms with Crippen molar-refractivity contribution in [3.05, 3.63) is 59.7 Å². The van der Waals surface area contributed by atoms with E-state index in [2.05, 4.69) is 0 Å². The van der Waals surface area contributed by atoms with E-state index >= 15 is 0 Å². The van der Waals surface area contributed by atoms with Crippen LogP contribution in [0.3, 0.4) is 0 Å². The second-order valence-corrected chi connectivity index (χ2v) is 9.02. The molecule has 6 heteroatoms. The van der Waals surface area contributed by atoms with Crippen molar-refractivity contribution in [2.45, 2.75) is 50.7 Å². The van der Waals surface area contributed by atoms with Gasteiger partial charge in [0.25, 0.3) is 5.91 Å². The molecule has 6 nitrogen and oxygen atoms in total. The van der Waals surface area contributed by atoms with Gasteiger partial charge in [-0.05, 0) is 48.2 Å². The molecule has 0 N–H and O–H groups in total. The summed E-state index contributed by atoms with van der Waals surface area (Å²) in [6, 6.07) is 15.2. The molecule has 2 aromatic carbocycles. The van der Waals surface area contributed by atoms with E-state index < -0.39 is 6.04 Å². The van der Waals surface area contributed by atoms with Gasteiger partial charge in [0.1, 0.15) is 18.3 Å². The van der Waals surface area contributed by atoms with Crippen LogP contribution >= 0.6 is 0 Å². The Labute approximate surface area is 190 Å². The number of anilines is 1. The molecule has 1 saturated heterocycles. The standard InChI is InChI=1S/C26H33N3O3/c1-27(2)21-14-12-20(13-15-21)25-26(31)28(22-9-5-4-6-10-22)18-24(30)29(25)17-19-8-7-11-23(16-19)32-3/h7-8,11-16,22,25H,4-6,9-10,17-18H2,1-3H3. The maximum Gasteiger partial charge on any atom is 0.250 e. The highest BCUT2D eigenvalue weighted by molar-refractivity contribution is 5.95. The summed E-state index contributed by atoms with van der Waals surface area (Å²) in [5.74, 6) is 0.783. The summed E-state index contributed by atoms with van der Waals surface area (Å²) in [6.07, 6.45) is 5.43. The minimum atomic E-state index is -0.611. The van der Waals surface area contributed by atoms with Gasteiger partial charge in [-0.2, -0.15) is 0 Å². The fraction of sp³-hybridized carbons (Fsp3) is 0.462. The number of ether oxygens (including phenoxy) is 1. The Morgan fingerprint density at radius 2 is 1.72 bits per heavy atom. The molecule has 32 heavy (non-hydrogen) atoms. The second-order valence-electron chi connectivity index (χ2n) is 9.02. The van der Waals surface area contributed by atoms with Gasteiger partial charge >= 0.3 is 0 Å². The third-order valence-corrected chi connectivity index (χ3v) is 6.68. The highest BCUT2D eigenvalue weighted by atomic mass is 16.5. The average Bonchev–Trinajstić information content (AvgIpc) is 2.82. The van der Waals surface area contributed by atoms with Crippen LogP contribution in [-0.4, -0.2) is 55.4 Å². The molecule has 1 atom stereocenters. The van der Waals surface area contributed by atoms with Gasteiger partial charge in [0.2, 0.25) is 5.91 Å². The van der Waals surface area contributed by atoms with Crippen molar-refractivity contribution in [1.29, 1.82) is 0 Å². The highest BCUT2D eigenvalue weighted by Crippen LogP contribution is 2.34. The topological polar surface area (TPSA) is 53.1 Å². The Balaban J connectivity index is 1.67. The first-order valence-corrected chi connectivity index (χ1v) is 11.5. The van der Waals surface area contributed by atoms with Gasteiger partial charge in [-0.3, -0.25) is 9.59 Å². The predicted molar refractivity (Wildman–Crippen MR) is 126 cm³/mol. The van der Waals surface area contributed by atoms with Crippen LogP contribution in [0.5, 0.6) is 5.75 Å². The van der Waals surface area contributed by atoms with Crippen LogP contribution in [-0.2, 0) is 16.1 Å². The number of nitrogens with zero attached hydrogens (tertiary/aromatic N) is 3. The third-order valence-electron chi connectivity index (χ3n) is 6.68. The van der Waals surface area contributed by atoms with E-state index in [1.165, 1.54) is 6.42 Å². The molecule has 170 valence electrons. The fourth-order valence-electron chi connectivity index (χ4n) is 4.87. The van der Waals surface area contributed by atoms with Gasteiger partial charge in [-0.25, -0.2) is 0 Å². The second kappa shape index (κ2) is 9.63. The van der Waals surface area contributed by atoms with Gasteiger partial charge in [0, 0.05) is 32.4 Å². The highest BCUT2D eigenvalue weighted by Gasteiger charge is 2.42. The van der Waals surface area contributed by atoms with Crippen LogP contribution in [0, 0.1) is 0 Å². The molecule has 1 aliphatic carbocycles. The van der Waals surface area contributed by atoms with Crippen molar-refractivity contribution in [2.75, 3.05) is 32.6 Å². The SMILES string of the molecule is COc1cccc(CN2C(=O)CN(C3CCCCC3)C(=O)C2c2ccc(N(C)C)cc2)c1. The lowest BCUT2D eigenvalue weighted by Crippen LogP contribution is -2.58. The van der Waals surface area contributed by atoms with E-state index in [1.807, 2.05) is 72.4 Å². The summed E-state index contributed by atoms with van der Waals surface area (Å²) >= 11 is 0. The Morgan fingerprint density at radius 3 is 2.38 bits per heavy atom. The maximum absolute atomic E-state index is 13.8. The van der Waals surface area contributed by atoms with E-state index in [0.717, 1.165) is 48.2 Å². The Hall–Kier alpha value is -3.02. The zero-order chi connectivity index (χ0) is 22.7. The first-order chi connectivity index (χ1) is 15.5. The molecule has 4 rings (SSSR count). The van der Waals surface area contributed by atoms with Crippen LogP contribution < -0.4 is 9.64 Å². The van der Waals surface area contributed by atoms with Crippen LogP contribution in [0.15, 0.2) is 48.5 Å².